The van der Waals surface area contributed by atoms with E-state index in [2.05, 4.69) is 24.1 Å². The van der Waals surface area contributed by atoms with Crippen LogP contribution < -0.4 is 11.1 Å². The van der Waals surface area contributed by atoms with Crippen molar-refractivity contribution in [3.05, 3.63) is 16.1 Å². The van der Waals surface area contributed by atoms with Crippen LogP contribution in [0.5, 0.6) is 0 Å². The SMILES string of the molecule is CCC(CC)(CCO)CNC(=O)c1csc(CCN)n1.Cl. The number of aromatic nitrogens is 1. The standard InChI is InChI=1S/C14H25N3O2S.ClH/c1-3-14(4-2,6-8-18)10-16-13(19)11-9-20-12(17-11)5-7-15;/h9,18H,3-8,10,15H2,1-2H3,(H,16,19);1H. The number of carbonyl (C=O) groups excluding carboxylic acids is 1. The summed E-state index contributed by atoms with van der Waals surface area (Å²) in [6.07, 6.45) is 3.27. The first-order chi connectivity index (χ1) is 9.60. The summed E-state index contributed by atoms with van der Waals surface area (Å²) in [6, 6.07) is 0. The van der Waals surface area contributed by atoms with Crippen molar-refractivity contribution < 1.29 is 9.90 Å². The fraction of sp³-hybridized carbons (Fsp3) is 0.714. The average molecular weight is 336 g/mol. The zero-order valence-corrected chi connectivity index (χ0v) is 14.4. The van der Waals surface area contributed by atoms with Crippen LogP contribution >= 0.6 is 23.7 Å². The van der Waals surface area contributed by atoms with E-state index in [1.54, 1.807) is 5.38 Å². The summed E-state index contributed by atoms with van der Waals surface area (Å²) in [5.74, 6) is -0.145. The van der Waals surface area contributed by atoms with E-state index in [1.165, 1.54) is 11.3 Å². The molecule has 0 unspecified atom stereocenters. The molecule has 122 valence electrons. The molecule has 1 rings (SSSR count). The number of thiazole rings is 1. The largest absolute Gasteiger partial charge is 0.396 e. The molecule has 4 N–H and O–H groups in total. The molecule has 0 aliphatic carbocycles. The summed E-state index contributed by atoms with van der Waals surface area (Å²) in [4.78, 5) is 16.4. The molecule has 0 radical (unpaired) electrons. The molecule has 0 atom stereocenters. The normalized spacial score (nSPS) is 11.0. The van der Waals surface area contributed by atoms with Crippen LogP contribution in [0, 0.1) is 5.41 Å². The molecule has 0 spiro atoms. The van der Waals surface area contributed by atoms with Crippen molar-refractivity contribution in [2.24, 2.45) is 11.1 Å². The van der Waals surface area contributed by atoms with Gasteiger partial charge in [-0.1, -0.05) is 13.8 Å². The van der Waals surface area contributed by atoms with Gasteiger partial charge in [0, 0.05) is 25.0 Å². The van der Waals surface area contributed by atoms with E-state index in [-0.39, 0.29) is 30.3 Å². The van der Waals surface area contributed by atoms with Gasteiger partial charge >= 0.3 is 0 Å². The van der Waals surface area contributed by atoms with E-state index in [0.29, 0.717) is 31.6 Å². The molecule has 0 aromatic carbocycles. The highest BCUT2D eigenvalue weighted by atomic mass is 35.5. The molecule has 1 aromatic rings. The molecule has 21 heavy (non-hydrogen) atoms. The van der Waals surface area contributed by atoms with Crippen LogP contribution in [-0.4, -0.2) is 35.7 Å². The van der Waals surface area contributed by atoms with E-state index in [9.17, 15) is 9.90 Å². The highest BCUT2D eigenvalue weighted by molar-refractivity contribution is 7.09. The molecule has 0 saturated heterocycles. The number of amides is 1. The Labute approximate surface area is 136 Å². The van der Waals surface area contributed by atoms with Gasteiger partial charge < -0.3 is 16.2 Å². The zero-order chi connectivity index (χ0) is 15.0. The van der Waals surface area contributed by atoms with Crippen molar-refractivity contribution in [2.75, 3.05) is 19.7 Å². The molecule has 7 heteroatoms. The van der Waals surface area contributed by atoms with E-state index in [1.807, 2.05) is 0 Å². The summed E-state index contributed by atoms with van der Waals surface area (Å²) >= 11 is 1.47. The lowest BCUT2D eigenvalue weighted by atomic mass is 9.79. The third kappa shape index (κ3) is 5.90. The third-order valence-electron chi connectivity index (χ3n) is 3.91. The summed E-state index contributed by atoms with van der Waals surface area (Å²) in [5.41, 5.74) is 5.91. The minimum atomic E-state index is -0.145. The molecular weight excluding hydrogens is 310 g/mol. The second-order valence-corrected chi connectivity index (χ2v) is 5.97. The molecule has 0 saturated carbocycles. The predicted molar refractivity (Wildman–Crippen MR) is 89.2 cm³/mol. The number of halogens is 1. The van der Waals surface area contributed by atoms with Crippen LogP contribution in [-0.2, 0) is 6.42 Å². The van der Waals surface area contributed by atoms with Gasteiger partial charge in [0.2, 0.25) is 0 Å². The maximum atomic E-state index is 12.1. The Morgan fingerprint density at radius 2 is 2.14 bits per heavy atom. The molecule has 0 fully saturated rings. The van der Waals surface area contributed by atoms with Gasteiger partial charge in [-0.2, -0.15) is 0 Å². The fourth-order valence-corrected chi connectivity index (χ4v) is 2.99. The summed E-state index contributed by atoms with van der Waals surface area (Å²) in [6.45, 7) is 5.44. The lowest BCUT2D eigenvalue weighted by molar-refractivity contribution is 0.0903. The molecule has 0 bridgehead atoms. The van der Waals surface area contributed by atoms with E-state index in [4.69, 9.17) is 5.73 Å². The van der Waals surface area contributed by atoms with Gasteiger partial charge in [0.25, 0.3) is 5.91 Å². The molecule has 0 aliphatic heterocycles. The minimum Gasteiger partial charge on any atom is -0.396 e. The van der Waals surface area contributed by atoms with Gasteiger partial charge in [-0.25, -0.2) is 4.98 Å². The maximum absolute atomic E-state index is 12.1. The highest BCUT2D eigenvalue weighted by Crippen LogP contribution is 2.29. The maximum Gasteiger partial charge on any atom is 0.270 e. The number of carbonyl (C=O) groups is 1. The Bertz CT molecular complexity index is 422. The number of aliphatic hydroxyl groups is 1. The van der Waals surface area contributed by atoms with Gasteiger partial charge in [0.05, 0.1) is 5.01 Å². The monoisotopic (exact) mass is 335 g/mol. The second-order valence-electron chi connectivity index (χ2n) is 5.03. The van der Waals surface area contributed by atoms with Crippen LogP contribution in [0.1, 0.15) is 48.6 Å². The predicted octanol–water partition coefficient (Wildman–Crippen LogP) is 1.98. The highest BCUT2D eigenvalue weighted by Gasteiger charge is 2.26. The van der Waals surface area contributed by atoms with Gasteiger partial charge in [-0.05, 0) is 31.2 Å². The lowest BCUT2D eigenvalue weighted by Gasteiger charge is -2.31. The van der Waals surface area contributed by atoms with Gasteiger partial charge in [0.1, 0.15) is 5.69 Å². The number of aliphatic hydroxyl groups excluding tert-OH is 1. The first-order valence-corrected chi connectivity index (χ1v) is 8.02. The van der Waals surface area contributed by atoms with E-state index >= 15 is 0 Å². The summed E-state index contributed by atoms with van der Waals surface area (Å²) < 4.78 is 0. The topological polar surface area (TPSA) is 88.2 Å². The van der Waals surface area contributed by atoms with Gasteiger partial charge in [0.15, 0.2) is 0 Å². The van der Waals surface area contributed by atoms with Gasteiger partial charge in [-0.15, -0.1) is 23.7 Å². The van der Waals surface area contributed by atoms with Crippen LogP contribution in [0.2, 0.25) is 0 Å². The van der Waals surface area contributed by atoms with E-state index in [0.717, 1.165) is 17.8 Å². The second kappa shape index (κ2) is 10.1. The Hall–Kier alpha value is -0.690. The molecule has 0 aliphatic rings. The number of nitrogens with one attached hydrogen (secondary N) is 1. The van der Waals surface area contributed by atoms with Gasteiger partial charge in [-0.3, -0.25) is 4.79 Å². The third-order valence-corrected chi connectivity index (χ3v) is 4.82. The van der Waals surface area contributed by atoms with Crippen molar-refractivity contribution >= 4 is 29.7 Å². The lowest BCUT2D eigenvalue weighted by Crippen LogP contribution is -2.37. The number of rotatable bonds is 9. The van der Waals surface area contributed by atoms with Crippen LogP contribution in [0.15, 0.2) is 5.38 Å². The summed E-state index contributed by atoms with van der Waals surface area (Å²) in [5, 5.41) is 14.8. The summed E-state index contributed by atoms with van der Waals surface area (Å²) in [7, 11) is 0. The van der Waals surface area contributed by atoms with Crippen LogP contribution in [0.4, 0.5) is 0 Å². The Morgan fingerprint density at radius 1 is 1.48 bits per heavy atom. The Morgan fingerprint density at radius 3 is 2.67 bits per heavy atom. The Balaban J connectivity index is 0.00000400. The van der Waals surface area contributed by atoms with Crippen LogP contribution in [0.3, 0.4) is 0 Å². The number of nitrogens with zero attached hydrogens (tertiary/aromatic N) is 1. The molecule has 5 nitrogen and oxygen atoms in total. The molecular formula is C14H26ClN3O2S. The zero-order valence-electron chi connectivity index (χ0n) is 12.7. The number of hydrogen-bond donors (Lipinski definition) is 3. The quantitative estimate of drug-likeness (QED) is 0.644. The first kappa shape index (κ1) is 20.3. The first-order valence-electron chi connectivity index (χ1n) is 7.14. The van der Waals surface area contributed by atoms with Crippen molar-refractivity contribution in [1.82, 2.24) is 10.3 Å². The van der Waals surface area contributed by atoms with Crippen molar-refractivity contribution in [2.45, 2.75) is 39.5 Å². The minimum absolute atomic E-state index is 0. The molecule has 1 amide bonds. The smallest absolute Gasteiger partial charge is 0.270 e. The van der Waals surface area contributed by atoms with E-state index < -0.39 is 0 Å². The number of hydrogen-bond acceptors (Lipinski definition) is 5. The fourth-order valence-electron chi connectivity index (χ4n) is 2.19. The average Bonchev–Trinajstić information content (AvgIpc) is 2.92. The van der Waals surface area contributed by atoms with Crippen molar-refractivity contribution in [1.29, 1.82) is 0 Å². The van der Waals surface area contributed by atoms with Crippen molar-refractivity contribution in [3.63, 3.8) is 0 Å². The molecule has 1 heterocycles. The van der Waals surface area contributed by atoms with Crippen molar-refractivity contribution in [3.8, 4) is 0 Å². The Kier molecular flexibility index (Phi) is 9.77. The number of nitrogens with two attached hydrogens (primary N) is 1. The molecule has 1 aromatic heterocycles. The van der Waals surface area contributed by atoms with Crippen LogP contribution in [0.25, 0.3) is 0 Å².